The minimum atomic E-state index is 1.01. The van der Waals surface area contributed by atoms with Crippen molar-refractivity contribution in [3.63, 3.8) is 0 Å². The Labute approximate surface area is 83.7 Å². The van der Waals surface area contributed by atoms with Crippen molar-refractivity contribution >= 4 is 46.1 Å². The molecule has 0 amide bonds. The predicted molar refractivity (Wildman–Crippen MR) is 58.3 cm³/mol. The van der Waals surface area contributed by atoms with Crippen LogP contribution in [-0.4, -0.2) is 4.98 Å². The van der Waals surface area contributed by atoms with Gasteiger partial charge in [0, 0.05) is 10.3 Å². The van der Waals surface area contributed by atoms with Crippen molar-refractivity contribution in [2.24, 2.45) is 0 Å². The van der Waals surface area contributed by atoms with Crippen molar-refractivity contribution in [1.29, 1.82) is 0 Å². The molecule has 2 rings (SSSR count). The lowest BCUT2D eigenvalue weighted by Crippen LogP contribution is -1.70. The molecule has 0 unspecified atom stereocenters. The van der Waals surface area contributed by atoms with Crippen LogP contribution in [0.15, 0.2) is 29.2 Å². The number of benzene rings is 1. The number of aromatic amines is 1. The fraction of sp³-hybridized carbons (Fsp3) is 0. The molecule has 11 heavy (non-hydrogen) atoms. The number of H-pyrrole nitrogens is 1. The molecule has 0 atom stereocenters. The highest BCUT2D eigenvalue weighted by Gasteiger charge is 1.99. The Balaban J connectivity index is 2.90. The van der Waals surface area contributed by atoms with Gasteiger partial charge in [-0.2, -0.15) is 0 Å². The van der Waals surface area contributed by atoms with E-state index >= 15 is 0 Å². The first-order valence-corrected chi connectivity index (χ1v) is 4.76. The molecular weight excluding hydrogens is 269 g/mol. The van der Waals surface area contributed by atoms with Crippen molar-refractivity contribution in [2.45, 2.75) is 4.90 Å². The highest BCUT2D eigenvalue weighted by Crippen LogP contribution is 2.22. The second-order valence-corrected chi connectivity index (χ2v) is 4.00. The number of aromatic nitrogens is 1. The van der Waals surface area contributed by atoms with E-state index in [1.807, 2.05) is 12.1 Å². The van der Waals surface area contributed by atoms with Crippen LogP contribution in [0.4, 0.5) is 0 Å². The molecule has 0 bridgehead atoms. The van der Waals surface area contributed by atoms with Gasteiger partial charge in [-0.15, -0.1) is 12.6 Å². The lowest BCUT2D eigenvalue weighted by Gasteiger charge is -1.91. The Morgan fingerprint density at radius 3 is 2.91 bits per heavy atom. The predicted octanol–water partition coefficient (Wildman–Crippen LogP) is 3.06. The van der Waals surface area contributed by atoms with Crippen LogP contribution >= 0.6 is 35.2 Å². The summed E-state index contributed by atoms with van der Waals surface area (Å²) in [5, 5.41) is 1.22. The Bertz CT molecular complexity index is 394. The normalized spacial score (nSPS) is 10.7. The highest BCUT2D eigenvalue weighted by atomic mass is 127. The summed E-state index contributed by atoms with van der Waals surface area (Å²) in [7, 11) is 0. The number of fused-ring (bicyclic) bond motifs is 1. The lowest BCUT2D eigenvalue weighted by molar-refractivity contribution is 1.36. The molecule has 0 aliphatic carbocycles. The van der Waals surface area contributed by atoms with Gasteiger partial charge in [-0.25, -0.2) is 0 Å². The van der Waals surface area contributed by atoms with E-state index in [-0.39, 0.29) is 0 Å². The molecule has 0 saturated heterocycles. The molecule has 1 aromatic heterocycles. The Morgan fingerprint density at radius 1 is 1.36 bits per heavy atom. The molecule has 1 N–H and O–H groups in total. The van der Waals surface area contributed by atoms with E-state index in [2.05, 4.69) is 52.3 Å². The van der Waals surface area contributed by atoms with Gasteiger partial charge < -0.3 is 4.98 Å². The van der Waals surface area contributed by atoms with E-state index < -0.39 is 0 Å². The summed E-state index contributed by atoms with van der Waals surface area (Å²) < 4.78 is 1.15. The van der Waals surface area contributed by atoms with E-state index in [1.54, 1.807) is 0 Å². The van der Waals surface area contributed by atoms with Crippen LogP contribution in [0.1, 0.15) is 0 Å². The van der Waals surface area contributed by atoms with Gasteiger partial charge in [0.2, 0.25) is 0 Å². The van der Waals surface area contributed by atoms with Crippen molar-refractivity contribution in [2.75, 3.05) is 0 Å². The first-order chi connectivity index (χ1) is 5.27. The number of nitrogens with one attached hydrogen (secondary N) is 1. The first-order valence-electron chi connectivity index (χ1n) is 3.23. The Morgan fingerprint density at radius 2 is 2.18 bits per heavy atom. The minimum Gasteiger partial charge on any atom is -0.349 e. The molecule has 0 fully saturated rings. The van der Waals surface area contributed by atoms with Crippen molar-refractivity contribution < 1.29 is 0 Å². The van der Waals surface area contributed by atoms with Gasteiger partial charge in [0.25, 0.3) is 0 Å². The minimum absolute atomic E-state index is 1.01. The van der Waals surface area contributed by atoms with Crippen molar-refractivity contribution in [1.82, 2.24) is 4.98 Å². The van der Waals surface area contributed by atoms with Crippen LogP contribution in [0.2, 0.25) is 0 Å². The van der Waals surface area contributed by atoms with Gasteiger partial charge >= 0.3 is 0 Å². The van der Waals surface area contributed by atoms with Crippen LogP contribution in [0.25, 0.3) is 10.9 Å². The molecule has 1 nitrogen and oxygen atoms in total. The number of hydrogen-bond donors (Lipinski definition) is 2. The maximum absolute atomic E-state index is 4.33. The summed E-state index contributed by atoms with van der Waals surface area (Å²) in [4.78, 5) is 4.24. The number of para-hydroxylation sites is 1. The smallest absolute Gasteiger partial charge is 0.0783 e. The molecule has 1 heterocycles. The van der Waals surface area contributed by atoms with Crippen LogP contribution in [0, 0.1) is 3.70 Å². The van der Waals surface area contributed by atoms with Gasteiger partial charge in [0.15, 0.2) is 0 Å². The summed E-state index contributed by atoms with van der Waals surface area (Å²) in [6, 6.07) is 8.18. The number of thiol groups is 1. The first kappa shape index (κ1) is 7.49. The Kier molecular flexibility index (Phi) is 1.85. The van der Waals surface area contributed by atoms with E-state index in [1.165, 1.54) is 5.39 Å². The summed E-state index contributed by atoms with van der Waals surface area (Å²) in [6.07, 6.45) is 0. The van der Waals surface area contributed by atoms with E-state index in [9.17, 15) is 0 Å². The maximum Gasteiger partial charge on any atom is 0.0783 e. The fourth-order valence-electron chi connectivity index (χ4n) is 1.11. The lowest BCUT2D eigenvalue weighted by atomic mass is 10.2. The monoisotopic (exact) mass is 275 g/mol. The van der Waals surface area contributed by atoms with Crippen LogP contribution < -0.4 is 0 Å². The number of rotatable bonds is 0. The Hall–Kier alpha value is -0.160. The summed E-state index contributed by atoms with van der Waals surface area (Å²) >= 11 is 6.59. The third kappa shape index (κ3) is 1.27. The maximum atomic E-state index is 4.33. The average Bonchev–Trinajstić information content (AvgIpc) is 2.31. The standard InChI is InChI=1S/C8H6INS/c9-7-4-5-2-1-3-6(11)8(5)10-7/h1-4,10-11H. The quantitative estimate of drug-likeness (QED) is 0.543. The van der Waals surface area contributed by atoms with E-state index in [0.29, 0.717) is 0 Å². The van der Waals surface area contributed by atoms with Gasteiger partial charge in [-0.1, -0.05) is 12.1 Å². The molecule has 0 aliphatic rings. The molecule has 3 heteroatoms. The molecule has 0 spiro atoms. The molecule has 2 aromatic rings. The third-order valence-electron chi connectivity index (χ3n) is 1.60. The van der Waals surface area contributed by atoms with E-state index in [4.69, 9.17) is 0 Å². The van der Waals surface area contributed by atoms with Gasteiger partial charge in [-0.05, 0) is 34.7 Å². The number of hydrogen-bond acceptors (Lipinski definition) is 1. The molecule has 0 saturated carbocycles. The van der Waals surface area contributed by atoms with Crippen molar-refractivity contribution in [3.8, 4) is 0 Å². The summed E-state index contributed by atoms with van der Waals surface area (Å²) in [5.41, 5.74) is 1.13. The van der Waals surface area contributed by atoms with Crippen LogP contribution in [0.5, 0.6) is 0 Å². The zero-order chi connectivity index (χ0) is 7.84. The van der Waals surface area contributed by atoms with Crippen molar-refractivity contribution in [3.05, 3.63) is 28.0 Å². The van der Waals surface area contributed by atoms with E-state index in [0.717, 1.165) is 14.1 Å². The molecule has 1 aromatic carbocycles. The molecule has 0 radical (unpaired) electrons. The zero-order valence-electron chi connectivity index (χ0n) is 5.63. The molecular formula is C8H6INS. The number of halogens is 1. The average molecular weight is 275 g/mol. The molecule has 0 aliphatic heterocycles. The summed E-state index contributed by atoms with van der Waals surface area (Å²) in [6.45, 7) is 0. The summed E-state index contributed by atoms with van der Waals surface area (Å²) in [5.74, 6) is 0. The zero-order valence-corrected chi connectivity index (χ0v) is 8.69. The van der Waals surface area contributed by atoms with Crippen LogP contribution in [-0.2, 0) is 0 Å². The fourth-order valence-corrected chi connectivity index (χ4v) is 1.98. The second-order valence-electron chi connectivity index (χ2n) is 2.36. The second kappa shape index (κ2) is 2.71. The van der Waals surface area contributed by atoms with Gasteiger partial charge in [0.1, 0.15) is 0 Å². The highest BCUT2D eigenvalue weighted by molar-refractivity contribution is 14.1. The third-order valence-corrected chi connectivity index (χ3v) is 2.56. The topological polar surface area (TPSA) is 15.8 Å². The largest absolute Gasteiger partial charge is 0.349 e. The SMILES string of the molecule is Sc1cccc2cc(I)[nH]c12. The molecule has 56 valence electrons. The van der Waals surface area contributed by atoms with Gasteiger partial charge in [-0.3, -0.25) is 0 Å². The van der Waals surface area contributed by atoms with Crippen LogP contribution in [0.3, 0.4) is 0 Å². The van der Waals surface area contributed by atoms with Gasteiger partial charge in [0.05, 0.1) is 9.22 Å².